The number of pyridine rings is 1. The van der Waals surface area contributed by atoms with Crippen LogP contribution in [0.15, 0.2) is 18.2 Å². The third kappa shape index (κ3) is 3.00. The largest absolute Gasteiger partial charge is 0.478 e. The summed E-state index contributed by atoms with van der Waals surface area (Å²) in [5.74, 6) is -1.59. The average molecular weight is 390 g/mol. The minimum absolute atomic E-state index is 0.0856. The highest BCUT2D eigenvalue weighted by Crippen LogP contribution is 2.37. The third-order valence-electron chi connectivity index (χ3n) is 4.34. The van der Waals surface area contributed by atoms with Crippen LogP contribution >= 0.6 is 22.9 Å². The van der Waals surface area contributed by atoms with Gasteiger partial charge in [0.15, 0.2) is 0 Å². The summed E-state index contributed by atoms with van der Waals surface area (Å²) in [5, 5.41) is 12.7. The summed E-state index contributed by atoms with van der Waals surface area (Å²) in [6.45, 7) is 5.84. The maximum Gasteiger partial charge on any atom is 0.337 e. The number of amides is 1. The van der Waals surface area contributed by atoms with Crippen molar-refractivity contribution in [1.29, 1.82) is 0 Å². The lowest BCUT2D eigenvalue weighted by Gasteiger charge is -2.07. The fourth-order valence-electron chi connectivity index (χ4n) is 2.69. The number of anilines is 2. The molecular weight excluding hydrogens is 374 g/mol. The van der Waals surface area contributed by atoms with E-state index in [2.05, 4.69) is 10.3 Å². The van der Waals surface area contributed by atoms with Crippen LogP contribution in [0.3, 0.4) is 0 Å². The Labute approximate surface area is 158 Å². The summed E-state index contributed by atoms with van der Waals surface area (Å²) in [4.78, 5) is 29.4. The third-order valence-corrected chi connectivity index (χ3v) is 5.76. The van der Waals surface area contributed by atoms with Gasteiger partial charge in [0.25, 0.3) is 5.91 Å². The van der Waals surface area contributed by atoms with E-state index in [0.717, 1.165) is 22.2 Å². The molecule has 4 N–H and O–H groups in total. The summed E-state index contributed by atoms with van der Waals surface area (Å²) >= 11 is 7.06. The summed E-state index contributed by atoms with van der Waals surface area (Å²) in [6, 6.07) is 4.27. The summed E-state index contributed by atoms with van der Waals surface area (Å²) < 4.78 is 0. The molecule has 0 atom stereocenters. The number of aromatic carboxylic acids is 1. The molecule has 0 aliphatic carbocycles. The Kier molecular flexibility index (Phi) is 4.60. The number of halogens is 1. The maximum absolute atomic E-state index is 12.7. The van der Waals surface area contributed by atoms with Crippen LogP contribution < -0.4 is 11.1 Å². The number of aromatic nitrogens is 1. The SMILES string of the molecule is Cc1nc2sc(C(=O)Nc3ccc(Cl)c(C(=O)O)c3)c(N)c2c(C)c1C. The second kappa shape index (κ2) is 6.59. The number of thiophene rings is 1. The van der Waals surface area contributed by atoms with Crippen molar-refractivity contribution >= 4 is 56.4 Å². The van der Waals surface area contributed by atoms with Crippen molar-refractivity contribution < 1.29 is 14.7 Å². The van der Waals surface area contributed by atoms with Crippen molar-refractivity contribution in [1.82, 2.24) is 4.98 Å². The summed E-state index contributed by atoms with van der Waals surface area (Å²) in [5.41, 5.74) is 9.76. The van der Waals surface area contributed by atoms with E-state index in [0.29, 0.717) is 21.1 Å². The Bertz CT molecular complexity index is 1080. The van der Waals surface area contributed by atoms with E-state index >= 15 is 0 Å². The van der Waals surface area contributed by atoms with E-state index in [1.54, 1.807) is 0 Å². The van der Waals surface area contributed by atoms with Gasteiger partial charge >= 0.3 is 5.97 Å². The van der Waals surface area contributed by atoms with E-state index in [9.17, 15) is 9.59 Å². The molecule has 3 rings (SSSR count). The lowest BCUT2D eigenvalue weighted by molar-refractivity contribution is 0.0696. The molecular formula is C18H16ClN3O3S. The number of carbonyl (C=O) groups excluding carboxylic acids is 1. The number of nitrogens with one attached hydrogen (secondary N) is 1. The Morgan fingerprint density at radius 2 is 1.92 bits per heavy atom. The number of nitrogens with zero attached hydrogens (tertiary/aromatic N) is 1. The van der Waals surface area contributed by atoms with E-state index < -0.39 is 11.9 Å². The topological polar surface area (TPSA) is 105 Å². The van der Waals surface area contributed by atoms with Crippen molar-refractivity contribution in [2.75, 3.05) is 11.1 Å². The van der Waals surface area contributed by atoms with Crippen LogP contribution in [0.2, 0.25) is 5.02 Å². The number of carbonyl (C=O) groups is 2. The van der Waals surface area contributed by atoms with Crippen molar-refractivity contribution in [3.05, 3.63) is 50.5 Å². The van der Waals surface area contributed by atoms with Crippen LogP contribution in [-0.2, 0) is 0 Å². The zero-order valence-electron chi connectivity index (χ0n) is 14.3. The number of carboxylic acid groups (broad SMARTS) is 1. The quantitative estimate of drug-likeness (QED) is 0.615. The van der Waals surface area contributed by atoms with Crippen molar-refractivity contribution in [2.24, 2.45) is 0 Å². The highest BCUT2D eigenvalue weighted by molar-refractivity contribution is 7.21. The van der Waals surface area contributed by atoms with Crippen molar-refractivity contribution in [2.45, 2.75) is 20.8 Å². The fourth-order valence-corrected chi connectivity index (χ4v) is 3.99. The van der Waals surface area contributed by atoms with Crippen LogP contribution in [-0.4, -0.2) is 22.0 Å². The van der Waals surface area contributed by atoms with Crippen LogP contribution in [0.25, 0.3) is 10.2 Å². The van der Waals surface area contributed by atoms with Gasteiger partial charge in [0.05, 0.1) is 16.3 Å². The first-order valence-corrected chi connectivity index (χ1v) is 8.90. The van der Waals surface area contributed by atoms with E-state index in [1.165, 1.54) is 29.5 Å². The Balaban J connectivity index is 2.01. The minimum atomic E-state index is -1.17. The number of hydrogen-bond donors (Lipinski definition) is 3. The molecule has 6 nitrogen and oxygen atoms in total. The molecule has 0 spiro atoms. The molecule has 0 fully saturated rings. The monoisotopic (exact) mass is 389 g/mol. The molecule has 1 amide bonds. The van der Waals surface area contributed by atoms with Gasteiger partial charge in [-0.05, 0) is 50.1 Å². The molecule has 0 radical (unpaired) electrons. The molecule has 2 aromatic heterocycles. The van der Waals surface area contributed by atoms with Gasteiger partial charge in [-0.1, -0.05) is 11.6 Å². The number of carboxylic acids is 1. The molecule has 0 aliphatic heterocycles. The van der Waals surface area contributed by atoms with Gasteiger partial charge < -0.3 is 16.2 Å². The highest BCUT2D eigenvalue weighted by atomic mass is 35.5. The zero-order valence-corrected chi connectivity index (χ0v) is 15.9. The van der Waals surface area contributed by atoms with Crippen LogP contribution in [0, 0.1) is 20.8 Å². The number of hydrogen-bond acceptors (Lipinski definition) is 5. The molecule has 0 unspecified atom stereocenters. The van der Waals surface area contributed by atoms with Gasteiger partial charge in [-0.2, -0.15) is 0 Å². The Hall–Kier alpha value is -2.64. The maximum atomic E-state index is 12.7. The number of nitrogens with two attached hydrogens (primary N) is 1. The van der Waals surface area contributed by atoms with E-state index in [1.807, 2.05) is 20.8 Å². The van der Waals surface area contributed by atoms with Gasteiger partial charge in [0, 0.05) is 16.8 Å². The normalized spacial score (nSPS) is 10.9. The molecule has 2 heterocycles. The van der Waals surface area contributed by atoms with Gasteiger partial charge in [0.1, 0.15) is 9.71 Å². The Morgan fingerprint density at radius 1 is 1.23 bits per heavy atom. The molecule has 0 saturated carbocycles. The number of aryl methyl sites for hydroxylation is 2. The summed E-state index contributed by atoms with van der Waals surface area (Å²) in [6.07, 6.45) is 0. The first kappa shape index (κ1) is 18.2. The molecule has 134 valence electrons. The second-order valence-corrected chi connectivity index (χ2v) is 7.33. The summed E-state index contributed by atoms with van der Waals surface area (Å²) in [7, 11) is 0. The molecule has 0 bridgehead atoms. The number of fused-ring (bicyclic) bond motifs is 1. The standard InChI is InChI=1S/C18H16ClN3O3S/c1-7-8(2)13-14(20)15(26-17(13)21-9(7)3)16(23)22-10-4-5-12(19)11(6-10)18(24)25/h4-6H,20H2,1-3H3,(H,22,23)(H,24,25). The number of rotatable bonds is 3. The first-order chi connectivity index (χ1) is 12.2. The Morgan fingerprint density at radius 3 is 2.58 bits per heavy atom. The predicted octanol–water partition coefficient (Wildman–Crippen LogP) is 4.41. The van der Waals surface area contributed by atoms with Crippen LogP contribution in [0.5, 0.6) is 0 Å². The molecule has 1 aromatic carbocycles. The lowest BCUT2D eigenvalue weighted by Crippen LogP contribution is -2.12. The molecule has 3 aromatic rings. The van der Waals surface area contributed by atoms with Crippen molar-refractivity contribution in [3.63, 3.8) is 0 Å². The van der Waals surface area contributed by atoms with E-state index in [4.69, 9.17) is 22.4 Å². The lowest BCUT2D eigenvalue weighted by atomic mass is 10.1. The van der Waals surface area contributed by atoms with E-state index in [-0.39, 0.29) is 10.6 Å². The minimum Gasteiger partial charge on any atom is -0.478 e. The first-order valence-electron chi connectivity index (χ1n) is 7.70. The zero-order chi connectivity index (χ0) is 19.2. The van der Waals surface area contributed by atoms with Crippen molar-refractivity contribution in [3.8, 4) is 0 Å². The van der Waals surface area contributed by atoms with Gasteiger partial charge in [-0.25, -0.2) is 9.78 Å². The molecule has 0 saturated heterocycles. The molecule has 26 heavy (non-hydrogen) atoms. The fraction of sp³-hybridized carbons (Fsp3) is 0.167. The smallest absolute Gasteiger partial charge is 0.337 e. The van der Waals surface area contributed by atoms with Crippen LogP contribution in [0.4, 0.5) is 11.4 Å². The molecule has 8 heteroatoms. The van der Waals surface area contributed by atoms with Crippen LogP contribution in [0.1, 0.15) is 36.9 Å². The highest BCUT2D eigenvalue weighted by Gasteiger charge is 2.21. The predicted molar refractivity (Wildman–Crippen MR) is 105 cm³/mol. The second-order valence-electron chi connectivity index (χ2n) is 5.93. The average Bonchev–Trinajstić information content (AvgIpc) is 2.90. The van der Waals surface area contributed by atoms with Gasteiger partial charge in [-0.15, -0.1) is 11.3 Å². The molecule has 0 aliphatic rings. The number of benzene rings is 1. The van der Waals surface area contributed by atoms with Gasteiger partial charge in [-0.3, -0.25) is 4.79 Å². The number of nitrogen functional groups attached to an aromatic ring is 1. The van der Waals surface area contributed by atoms with Gasteiger partial charge in [0.2, 0.25) is 0 Å².